The van der Waals surface area contributed by atoms with E-state index >= 15 is 0 Å². The summed E-state index contributed by atoms with van der Waals surface area (Å²) in [5.74, 6) is -1.56. The van der Waals surface area contributed by atoms with Crippen LogP contribution >= 0.6 is 0 Å². The predicted molar refractivity (Wildman–Crippen MR) is 97.8 cm³/mol. The molecule has 3 N–H and O–H groups in total. The van der Waals surface area contributed by atoms with Crippen molar-refractivity contribution in [2.45, 2.75) is 31.4 Å². The molecule has 7 nitrogen and oxygen atoms in total. The van der Waals surface area contributed by atoms with E-state index in [9.17, 15) is 18.0 Å². The van der Waals surface area contributed by atoms with Crippen molar-refractivity contribution >= 4 is 17.6 Å². The van der Waals surface area contributed by atoms with Crippen molar-refractivity contribution < 1.29 is 22.7 Å². The number of anilines is 1. The zero-order valence-electron chi connectivity index (χ0n) is 15.2. The molecule has 0 bridgehead atoms. The zero-order valence-corrected chi connectivity index (χ0v) is 15.2. The Hall–Kier alpha value is -3.61. The number of carbonyl (C=O) groups excluding carboxylic acids is 1. The van der Waals surface area contributed by atoms with Crippen molar-refractivity contribution in [3.8, 4) is 6.07 Å². The van der Waals surface area contributed by atoms with Crippen LogP contribution < -0.4 is 11.1 Å². The van der Waals surface area contributed by atoms with E-state index < -0.39 is 41.4 Å². The van der Waals surface area contributed by atoms with Gasteiger partial charge in [-0.15, -0.1) is 0 Å². The summed E-state index contributed by atoms with van der Waals surface area (Å²) in [4.78, 5) is 19.9. The van der Waals surface area contributed by atoms with Crippen LogP contribution in [0.25, 0.3) is 0 Å². The smallest absolute Gasteiger partial charge is 0.283 e. The number of halogens is 3. The number of alkyl halides is 2. The molecule has 1 aliphatic rings. The minimum Gasteiger partial charge on any atom is -0.462 e. The largest absolute Gasteiger partial charge is 0.462 e. The molecule has 1 aromatic carbocycles. The fourth-order valence-electron chi connectivity index (χ4n) is 3.10. The molecule has 29 heavy (non-hydrogen) atoms. The highest BCUT2D eigenvalue weighted by molar-refractivity contribution is 6.02. The van der Waals surface area contributed by atoms with Gasteiger partial charge in [0.05, 0.1) is 5.56 Å². The summed E-state index contributed by atoms with van der Waals surface area (Å²) in [5, 5.41) is 11.2. The van der Waals surface area contributed by atoms with Gasteiger partial charge in [0, 0.05) is 23.9 Å². The Morgan fingerprint density at radius 2 is 2.17 bits per heavy atom. The van der Waals surface area contributed by atoms with Gasteiger partial charge in [-0.05, 0) is 37.3 Å². The molecule has 2 atom stereocenters. The number of pyridine rings is 1. The number of hydrogen-bond donors (Lipinski definition) is 2. The Kier molecular flexibility index (Phi) is 5.41. The van der Waals surface area contributed by atoms with Gasteiger partial charge in [0.1, 0.15) is 23.7 Å². The molecule has 0 radical (unpaired) electrons. The molecule has 2 heterocycles. The number of nitrogens with one attached hydrogen (secondary N) is 1. The summed E-state index contributed by atoms with van der Waals surface area (Å²) >= 11 is 0. The Balaban J connectivity index is 1.96. The number of amides is 1. The fraction of sp³-hybridized carbons (Fsp3) is 0.263. The molecular formula is C19H16F3N5O2. The number of hydrogen-bond acceptors (Lipinski definition) is 6. The first-order valence-electron chi connectivity index (χ1n) is 8.53. The minimum atomic E-state index is -3.06. The molecule has 3 rings (SSSR count). The number of nitrogens with zero attached hydrogens (tertiary/aromatic N) is 3. The first kappa shape index (κ1) is 20.1. The standard InChI is InChI=1S/C19H16F3N5O2/c1-10-7-19(17(21)22,27-18(24)29-10)13-6-12(3-4-14(13)20)26-16(28)15-5-2-11(8-23)9-25-15/h2-6,9-10,17H,7H2,1H3,(H2,24,27)(H,26,28)/t10-,19+/m1/s1. The van der Waals surface area contributed by atoms with Gasteiger partial charge >= 0.3 is 0 Å². The maximum absolute atomic E-state index is 14.5. The normalized spacial score (nSPS) is 21.1. The second kappa shape index (κ2) is 7.79. The molecule has 0 fully saturated rings. The summed E-state index contributed by atoms with van der Waals surface area (Å²) in [7, 11) is 0. The third-order valence-electron chi connectivity index (χ3n) is 4.41. The highest BCUT2D eigenvalue weighted by Gasteiger charge is 2.48. The maximum Gasteiger partial charge on any atom is 0.283 e. The third-order valence-corrected chi connectivity index (χ3v) is 4.41. The molecule has 1 aliphatic heterocycles. The molecule has 0 saturated carbocycles. The fourth-order valence-corrected chi connectivity index (χ4v) is 3.10. The first-order chi connectivity index (χ1) is 13.7. The number of nitrogens with two attached hydrogens (primary N) is 1. The van der Waals surface area contributed by atoms with E-state index in [-0.39, 0.29) is 23.4 Å². The van der Waals surface area contributed by atoms with Gasteiger partial charge in [-0.1, -0.05) is 0 Å². The lowest BCUT2D eigenvalue weighted by Crippen LogP contribution is -2.44. The van der Waals surface area contributed by atoms with E-state index in [1.807, 2.05) is 6.07 Å². The molecular weight excluding hydrogens is 387 g/mol. The lowest BCUT2D eigenvalue weighted by molar-refractivity contribution is 0.00527. The van der Waals surface area contributed by atoms with Crippen molar-refractivity contribution in [3.05, 3.63) is 59.2 Å². The summed E-state index contributed by atoms with van der Waals surface area (Å²) in [5.41, 5.74) is 3.22. The lowest BCUT2D eigenvalue weighted by atomic mass is 9.84. The molecule has 0 aliphatic carbocycles. The first-order valence-corrected chi connectivity index (χ1v) is 8.53. The van der Waals surface area contributed by atoms with Crippen LogP contribution in [0.15, 0.2) is 41.5 Å². The van der Waals surface area contributed by atoms with Crippen molar-refractivity contribution in [2.24, 2.45) is 10.7 Å². The highest BCUT2D eigenvalue weighted by Crippen LogP contribution is 2.42. The van der Waals surface area contributed by atoms with Gasteiger partial charge in [-0.25, -0.2) is 23.1 Å². The monoisotopic (exact) mass is 403 g/mol. The lowest BCUT2D eigenvalue weighted by Gasteiger charge is -2.36. The molecule has 150 valence electrons. The molecule has 2 aromatic rings. The number of rotatable bonds is 4. The Labute approximate surface area is 164 Å². The number of benzene rings is 1. The Morgan fingerprint density at radius 1 is 1.41 bits per heavy atom. The zero-order chi connectivity index (χ0) is 21.2. The molecule has 1 amide bonds. The average molecular weight is 403 g/mol. The third kappa shape index (κ3) is 3.99. The SMILES string of the molecule is C[C@@H]1C[C@](c2cc(NC(=O)c3ccc(C#N)cn3)ccc2F)(C(F)F)N=C(N)O1. The van der Waals surface area contributed by atoms with E-state index in [1.165, 1.54) is 31.3 Å². The van der Waals surface area contributed by atoms with Crippen LogP contribution in [-0.4, -0.2) is 29.4 Å². The molecule has 0 unspecified atom stereocenters. The second-order valence-corrected chi connectivity index (χ2v) is 6.50. The number of amidine groups is 1. The maximum atomic E-state index is 14.5. The topological polar surface area (TPSA) is 113 Å². The van der Waals surface area contributed by atoms with Crippen molar-refractivity contribution in [2.75, 3.05) is 5.32 Å². The summed E-state index contributed by atoms with van der Waals surface area (Å²) in [6.07, 6.45) is -2.84. The van der Waals surface area contributed by atoms with Crippen LogP contribution in [0.1, 0.15) is 35.0 Å². The molecule has 0 saturated heterocycles. The Morgan fingerprint density at radius 3 is 2.76 bits per heavy atom. The van der Waals surface area contributed by atoms with Crippen LogP contribution in [0.4, 0.5) is 18.9 Å². The van der Waals surface area contributed by atoms with Gasteiger partial charge in [-0.2, -0.15) is 5.26 Å². The molecule has 0 spiro atoms. The van der Waals surface area contributed by atoms with E-state index in [4.69, 9.17) is 15.7 Å². The van der Waals surface area contributed by atoms with E-state index in [1.54, 1.807) is 0 Å². The predicted octanol–water partition coefficient (Wildman–Crippen LogP) is 2.93. The second-order valence-electron chi connectivity index (χ2n) is 6.50. The van der Waals surface area contributed by atoms with Crippen LogP contribution in [0.5, 0.6) is 0 Å². The molecule has 10 heteroatoms. The number of carbonyl (C=O) groups is 1. The number of ether oxygens (including phenoxy) is 1. The van der Waals surface area contributed by atoms with Crippen LogP contribution in [0.3, 0.4) is 0 Å². The van der Waals surface area contributed by atoms with Gasteiger partial charge in [0.25, 0.3) is 18.4 Å². The van der Waals surface area contributed by atoms with E-state index in [0.29, 0.717) is 0 Å². The van der Waals surface area contributed by atoms with E-state index in [0.717, 1.165) is 12.1 Å². The van der Waals surface area contributed by atoms with Crippen molar-refractivity contribution in [1.82, 2.24) is 4.98 Å². The average Bonchev–Trinajstić information content (AvgIpc) is 2.68. The summed E-state index contributed by atoms with van der Waals surface area (Å²) < 4.78 is 47.6. The number of aliphatic imine (C=N–C) groups is 1. The molecule has 1 aromatic heterocycles. The van der Waals surface area contributed by atoms with Crippen molar-refractivity contribution in [3.63, 3.8) is 0 Å². The van der Waals surface area contributed by atoms with Gasteiger partial charge in [-0.3, -0.25) is 4.79 Å². The van der Waals surface area contributed by atoms with Gasteiger partial charge in [0.15, 0.2) is 5.54 Å². The van der Waals surface area contributed by atoms with E-state index in [2.05, 4.69) is 15.3 Å². The summed E-state index contributed by atoms with van der Waals surface area (Å²) in [6.45, 7) is 1.53. The van der Waals surface area contributed by atoms with Crippen LogP contribution in [0, 0.1) is 17.1 Å². The highest BCUT2D eigenvalue weighted by atomic mass is 19.3. The summed E-state index contributed by atoms with van der Waals surface area (Å²) in [6, 6.07) is 7.45. The van der Waals surface area contributed by atoms with Gasteiger partial charge in [0.2, 0.25) is 0 Å². The van der Waals surface area contributed by atoms with Crippen LogP contribution in [0.2, 0.25) is 0 Å². The minimum absolute atomic E-state index is 0.000372. The van der Waals surface area contributed by atoms with Crippen molar-refractivity contribution in [1.29, 1.82) is 5.26 Å². The number of aromatic nitrogens is 1. The quantitative estimate of drug-likeness (QED) is 0.815. The van der Waals surface area contributed by atoms with Gasteiger partial charge < -0.3 is 15.8 Å². The van der Waals surface area contributed by atoms with Crippen LogP contribution in [-0.2, 0) is 10.3 Å². The Bertz CT molecular complexity index is 1000. The number of nitriles is 1.